The predicted octanol–water partition coefficient (Wildman–Crippen LogP) is 4.61. The number of hydrogen-bond donors (Lipinski definition) is 1. The van der Waals surface area contributed by atoms with Crippen LogP contribution in [0.2, 0.25) is 0 Å². The van der Waals surface area contributed by atoms with E-state index < -0.39 is 5.41 Å². The molecule has 0 aliphatic heterocycles. The summed E-state index contributed by atoms with van der Waals surface area (Å²) in [6, 6.07) is 10.5. The van der Waals surface area contributed by atoms with Crippen LogP contribution in [0.4, 0.5) is 0 Å². The Labute approximate surface area is 158 Å². The molecule has 4 nitrogen and oxygen atoms in total. The third-order valence-corrected chi connectivity index (χ3v) is 6.91. The van der Waals surface area contributed by atoms with Crippen LogP contribution in [0.25, 0.3) is 0 Å². The smallest absolute Gasteiger partial charge is 0.192 e. The van der Waals surface area contributed by atoms with Crippen LogP contribution in [0, 0.1) is 56.7 Å². The van der Waals surface area contributed by atoms with E-state index in [9.17, 15) is 15.8 Å². The van der Waals surface area contributed by atoms with Crippen molar-refractivity contribution >= 4 is 11.3 Å². The average molecular weight is 363 g/mol. The van der Waals surface area contributed by atoms with E-state index in [-0.39, 0.29) is 22.9 Å². The fraction of sp³-hybridized carbons (Fsp3) is 0.476. The Kier molecular flexibility index (Phi) is 4.43. The summed E-state index contributed by atoms with van der Waals surface area (Å²) < 4.78 is 0. The number of thiophene rings is 1. The summed E-state index contributed by atoms with van der Waals surface area (Å²) in [6.07, 6.45) is 3.85. The summed E-state index contributed by atoms with van der Waals surface area (Å²) in [5.74, 6) is 0.0342. The number of rotatable bonds is 1. The molecule has 0 unspecified atom stereocenters. The number of allylic oxidation sites excluding steroid dienone is 4. The van der Waals surface area contributed by atoms with Gasteiger partial charge >= 0.3 is 0 Å². The molecule has 132 valence electrons. The first-order valence-electron chi connectivity index (χ1n) is 8.76. The highest BCUT2D eigenvalue weighted by atomic mass is 32.1. The first-order valence-corrected chi connectivity index (χ1v) is 9.64. The summed E-state index contributed by atoms with van der Waals surface area (Å²) in [4.78, 5) is 0.985. The molecule has 0 radical (unpaired) electrons. The highest BCUT2D eigenvalue weighted by molar-refractivity contribution is 7.10. The number of nitriles is 3. The first-order chi connectivity index (χ1) is 12.3. The molecule has 0 bridgehead atoms. The highest BCUT2D eigenvalue weighted by Crippen LogP contribution is 2.58. The van der Waals surface area contributed by atoms with Crippen LogP contribution in [0.15, 0.2) is 40.4 Å². The van der Waals surface area contributed by atoms with E-state index in [1.165, 1.54) is 0 Å². The zero-order chi connectivity index (χ0) is 19.1. The molecule has 3 atom stereocenters. The summed E-state index contributed by atoms with van der Waals surface area (Å²) in [5, 5.41) is 31.7. The van der Waals surface area contributed by atoms with E-state index >= 15 is 0 Å². The van der Waals surface area contributed by atoms with Crippen LogP contribution in [0.3, 0.4) is 0 Å². The van der Waals surface area contributed by atoms with E-state index in [0.29, 0.717) is 11.5 Å². The summed E-state index contributed by atoms with van der Waals surface area (Å²) in [5.41, 5.74) is 6.27. The maximum absolute atomic E-state index is 10.00. The second kappa shape index (κ2) is 6.31. The van der Waals surface area contributed by atoms with Crippen molar-refractivity contribution in [1.82, 2.24) is 0 Å². The molecule has 0 spiro atoms. The maximum atomic E-state index is 10.00. The van der Waals surface area contributed by atoms with Crippen LogP contribution >= 0.6 is 11.3 Å². The molecule has 0 saturated heterocycles. The van der Waals surface area contributed by atoms with E-state index in [1.807, 2.05) is 17.5 Å². The van der Waals surface area contributed by atoms with Crippen molar-refractivity contribution in [2.75, 3.05) is 0 Å². The molecule has 0 aromatic carbocycles. The van der Waals surface area contributed by atoms with E-state index in [2.05, 4.69) is 45.1 Å². The Morgan fingerprint density at radius 1 is 1.23 bits per heavy atom. The van der Waals surface area contributed by atoms with Gasteiger partial charge in [-0.15, -0.1) is 11.3 Å². The number of nitrogens with zero attached hydrogens (tertiary/aromatic N) is 3. The van der Waals surface area contributed by atoms with Gasteiger partial charge in [0.05, 0.1) is 23.4 Å². The fourth-order valence-corrected chi connectivity index (χ4v) is 5.33. The van der Waals surface area contributed by atoms with Crippen LogP contribution < -0.4 is 5.73 Å². The van der Waals surface area contributed by atoms with E-state index in [0.717, 1.165) is 23.3 Å². The Morgan fingerprint density at radius 3 is 2.42 bits per heavy atom. The average Bonchev–Trinajstić information content (AvgIpc) is 3.13. The third kappa shape index (κ3) is 2.54. The molecule has 1 heterocycles. The predicted molar refractivity (Wildman–Crippen MR) is 101 cm³/mol. The van der Waals surface area contributed by atoms with Crippen molar-refractivity contribution in [1.29, 1.82) is 15.8 Å². The van der Waals surface area contributed by atoms with Crippen LogP contribution in [-0.4, -0.2) is 0 Å². The minimum Gasteiger partial charge on any atom is -0.399 e. The Balaban J connectivity index is 2.27. The number of nitrogens with two attached hydrogens (primary N) is 1. The summed E-state index contributed by atoms with van der Waals surface area (Å²) in [7, 11) is 0. The largest absolute Gasteiger partial charge is 0.399 e. The quantitative estimate of drug-likeness (QED) is 0.788. The van der Waals surface area contributed by atoms with Gasteiger partial charge in [-0.05, 0) is 47.1 Å². The second-order valence-electron chi connectivity index (χ2n) is 8.23. The molecule has 2 aliphatic carbocycles. The Hall–Kier alpha value is -2.55. The topological polar surface area (TPSA) is 97.4 Å². The first kappa shape index (κ1) is 18.2. The van der Waals surface area contributed by atoms with Gasteiger partial charge in [0.1, 0.15) is 6.07 Å². The lowest BCUT2D eigenvalue weighted by Gasteiger charge is -2.46. The van der Waals surface area contributed by atoms with Crippen LogP contribution in [0.5, 0.6) is 0 Å². The Bertz CT molecular complexity index is 880. The van der Waals surface area contributed by atoms with Crippen molar-refractivity contribution in [2.24, 2.45) is 28.4 Å². The second-order valence-corrected chi connectivity index (χ2v) is 9.20. The third-order valence-electron chi connectivity index (χ3n) is 5.95. The number of hydrogen-bond acceptors (Lipinski definition) is 5. The Morgan fingerprint density at radius 2 is 1.92 bits per heavy atom. The monoisotopic (exact) mass is 362 g/mol. The standard InChI is InChI=1S/C21H22N4S/c1-20(2,3)13-6-7-14-15(9-13)18(17-5-4-8-26-17)21(11-23,12-24)19(25)16(14)10-22/h4-5,7-8,13,15,18H,6,9,25H2,1-3H3/t13-,15-,18-/m0/s1. The van der Waals surface area contributed by atoms with Gasteiger partial charge < -0.3 is 5.73 Å². The van der Waals surface area contributed by atoms with Gasteiger partial charge in [-0.2, -0.15) is 15.8 Å². The van der Waals surface area contributed by atoms with Gasteiger partial charge in [-0.25, -0.2) is 0 Å². The molecule has 0 amide bonds. The molecule has 1 aromatic rings. The molecule has 0 fully saturated rings. The molecular weight excluding hydrogens is 340 g/mol. The molecular formula is C21H22N4S. The lowest BCUT2D eigenvalue weighted by atomic mass is 9.55. The van der Waals surface area contributed by atoms with Crippen molar-refractivity contribution < 1.29 is 0 Å². The van der Waals surface area contributed by atoms with E-state index in [4.69, 9.17) is 5.73 Å². The van der Waals surface area contributed by atoms with Gasteiger partial charge in [-0.1, -0.05) is 32.9 Å². The van der Waals surface area contributed by atoms with Gasteiger partial charge in [0.25, 0.3) is 0 Å². The molecule has 0 saturated carbocycles. The van der Waals surface area contributed by atoms with Crippen LogP contribution in [-0.2, 0) is 0 Å². The minimum absolute atomic E-state index is 0.0483. The summed E-state index contributed by atoms with van der Waals surface area (Å²) in [6.45, 7) is 6.66. The van der Waals surface area contributed by atoms with Crippen molar-refractivity contribution in [3.63, 3.8) is 0 Å². The van der Waals surface area contributed by atoms with Gasteiger partial charge in [-0.3, -0.25) is 0 Å². The SMILES string of the molecule is CC(C)(C)[C@H]1CC=C2C(C#N)=C(N)C(C#N)(C#N)[C@H](c3cccs3)[C@H]2C1. The zero-order valence-electron chi connectivity index (χ0n) is 15.3. The fourth-order valence-electron chi connectivity index (χ4n) is 4.37. The molecule has 2 N–H and O–H groups in total. The lowest BCUT2D eigenvalue weighted by Crippen LogP contribution is -2.44. The normalized spacial score (nSPS) is 27.5. The van der Waals surface area contributed by atoms with E-state index in [1.54, 1.807) is 11.3 Å². The zero-order valence-corrected chi connectivity index (χ0v) is 16.1. The molecule has 1 aromatic heterocycles. The van der Waals surface area contributed by atoms with Crippen molar-refractivity contribution in [3.8, 4) is 18.2 Å². The highest BCUT2D eigenvalue weighted by Gasteiger charge is 2.55. The molecule has 5 heteroatoms. The van der Waals surface area contributed by atoms with Gasteiger partial charge in [0, 0.05) is 10.8 Å². The van der Waals surface area contributed by atoms with Gasteiger partial charge in [0.2, 0.25) is 0 Å². The lowest BCUT2D eigenvalue weighted by molar-refractivity contribution is 0.171. The maximum Gasteiger partial charge on any atom is 0.192 e. The molecule has 2 aliphatic rings. The number of fused-ring (bicyclic) bond motifs is 1. The molecule has 3 rings (SSSR count). The van der Waals surface area contributed by atoms with Crippen LogP contribution in [0.1, 0.15) is 44.4 Å². The minimum atomic E-state index is -1.50. The molecule has 26 heavy (non-hydrogen) atoms. The van der Waals surface area contributed by atoms with Gasteiger partial charge in [0.15, 0.2) is 5.41 Å². The van der Waals surface area contributed by atoms with Crippen molar-refractivity contribution in [2.45, 2.75) is 39.5 Å². The van der Waals surface area contributed by atoms with Crippen molar-refractivity contribution in [3.05, 3.63) is 45.3 Å². The summed E-state index contributed by atoms with van der Waals surface area (Å²) >= 11 is 1.55.